The van der Waals surface area contributed by atoms with Gasteiger partial charge < -0.3 is 9.47 Å². The van der Waals surface area contributed by atoms with E-state index in [1.54, 1.807) is 30.3 Å². The van der Waals surface area contributed by atoms with Crippen molar-refractivity contribution in [3.63, 3.8) is 0 Å². The number of carbonyl (C=O) groups excluding carboxylic acids is 1. The highest BCUT2D eigenvalue weighted by Crippen LogP contribution is 2.43. The standard InChI is InChI=1S/C21H23N5O5S/c1-13(2)31-19-9-7-16(26-12-22-24-25-26)11-18(19)23-32(28,29)20-10-15(21(27)30-3)6-8-17(20)14-4-5-14/h6-14,23H,4-5H2,1-3H3. The van der Waals surface area contributed by atoms with E-state index in [2.05, 4.69) is 20.2 Å². The number of ether oxygens (including phenoxy) is 2. The Bertz CT molecular complexity index is 1240. The number of nitrogens with one attached hydrogen (secondary N) is 1. The van der Waals surface area contributed by atoms with E-state index in [1.807, 2.05) is 13.8 Å². The Morgan fingerprint density at radius 3 is 2.59 bits per heavy atom. The van der Waals surface area contributed by atoms with Crippen molar-refractivity contribution >= 4 is 21.7 Å². The number of hydrogen-bond acceptors (Lipinski definition) is 8. The second-order valence-corrected chi connectivity index (χ2v) is 9.38. The number of nitrogens with zero attached hydrogens (tertiary/aromatic N) is 4. The number of carbonyl (C=O) groups is 1. The molecular formula is C21H23N5O5S. The van der Waals surface area contributed by atoms with E-state index in [0.29, 0.717) is 17.0 Å². The zero-order valence-electron chi connectivity index (χ0n) is 17.8. The van der Waals surface area contributed by atoms with Gasteiger partial charge in [-0.05, 0) is 78.9 Å². The lowest BCUT2D eigenvalue weighted by molar-refractivity contribution is 0.0600. The lowest BCUT2D eigenvalue weighted by Gasteiger charge is -2.18. The van der Waals surface area contributed by atoms with Crippen LogP contribution in [0, 0.1) is 0 Å². The Morgan fingerprint density at radius 1 is 1.19 bits per heavy atom. The molecule has 0 spiro atoms. The van der Waals surface area contributed by atoms with E-state index in [1.165, 1.54) is 24.2 Å². The molecule has 11 heteroatoms. The minimum Gasteiger partial charge on any atom is -0.489 e. The molecule has 0 saturated heterocycles. The second kappa shape index (κ2) is 8.58. The molecule has 1 aliphatic carbocycles. The van der Waals surface area contributed by atoms with Crippen LogP contribution in [0.1, 0.15) is 48.5 Å². The van der Waals surface area contributed by atoms with Crippen LogP contribution in [-0.2, 0) is 14.8 Å². The van der Waals surface area contributed by atoms with Crippen LogP contribution in [0.4, 0.5) is 5.69 Å². The maximum Gasteiger partial charge on any atom is 0.337 e. The van der Waals surface area contributed by atoms with E-state index >= 15 is 0 Å². The van der Waals surface area contributed by atoms with E-state index in [9.17, 15) is 13.2 Å². The van der Waals surface area contributed by atoms with Gasteiger partial charge in [-0.15, -0.1) is 5.10 Å². The van der Waals surface area contributed by atoms with Crippen LogP contribution >= 0.6 is 0 Å². The molecule has 0 aliphatic heterocycles. The number of tetrazole rings is 1. The van der Waals surface area contributed by atoms with Gasteiger partial charge in [0, 0.05) is 0 Å². The van der Waals surface area contributed by atoms with Crippen molar-refractivity contribution in [3.8, 4) is 11.4 Å². The van der Waals surface area contributed by atoms with E-state index in [-0.39, 0.29) is 28.2 Å². The number of esters is 1. The van der Waals surface area contributed by atoms with Crippen molar-refractivity contribution in [2.75, 3.05) is 11.8 Å². The van der Waals surface area contributed by atoms with Gasteiger partial charge in [0.1, 0.15) is 12.1 Å². The molecule has 10 nitrogen and oxygen atoms in total. The topological polar surface area (TPSA) is 125 Å². The largest absolute Gasteiger partial charge is 0.489 e. The highest BCUT2D eigenvalue weighted by atomic mass is 32.2. The number of methoxy groups -OCH3 is 1. The highest BCUT2D eigenvalue weighted by molar-refractivity contribution is 7.92. The number of rotatable bonds is 8. The lowest BCUT2D eigenvalue weighted by atomic mass is 10.1. The highest BCUT2D eigenvalue weighted by Gasteiger charge is 2.32. The molecule has 1 aromatic heterocycles. The summed E-state index contributed by atoms with van der Waals surface area (Å²) in [5.41, 5.74) is 1.62. The molecular weight excluding hydrogens is 434 g/mol. The first-order valence-corrected chi connectivity index (χ1v) is 11.6. The second-order valence-electron chi connectivity index (χ2n) is 7.73. The lowest BCUT2D eigenvalue weighted by Crippen LogP contribution is -2.18. The van der Waals surface area contributed by atoms with Gasteiger partial charge in [-0.25, -0.2) is 17.9 Å². The Labute approximate surface area is 185 Å². The summed E-state index contributed by atoms with van der Waals surface area (Å²) in [6.45, 7) is 3.69. The zero-order valence-corrected chi connectivity index (χ0v) is 18.7. The average Bonchev–Trinajstić information content (AvgIpc) is 3.47. The van der Waals surface area contributed by atoms with E-state index in [0.717, 1.165) is 12.8 Å². The summed E-state index contributed by atoms with van der Waals surface area (Å²) in [7, 11) is -2.80. The molecule has 0 bridgehead atoms. The van der Waals surface area contributed by atoms with Gasteiger partial charge >= 0.3 is 5.97 Å². The molecule has 1 aliphatic rings. The van der Waals surface area contributed by atoms with Crippen LogP contribution in [0.2, 0.25) is 0 Å². The third kappa shape index (κ3) is 4.57. The number of hydrogen-bond donors (Lipinski definition) is 1. The van der Waals surface area contributed by atoms with Crippen LogP contribution in [-0.4, -0.2) is 47.8 Å². The van der Waals surface area contributed by atoms with E-state index < -0.39 is 16.0 Å². The summed E-state index contributed by atoms with van der Waals surface area (Å²) in [4.78, 5) is 12.1. The normalized spacial score (nSPS) is 13.8. The van der Waals surface area contributed by atoms with Crippen molar-refractivity contribution in [1.82, 2.24) is 20.2 Å². The van der Waals surface area contributed by atoms with Crippen LogP contribution < -0.4 is 9.46 Å². The molecule has 1 heterocycles. The van der Waals surface area contributed by atoms with Gasteiger partial charge in [0.2, 0.25) is 0 Å². The van der Waals surface area contributed by atoms with Crippen molar-refractivity contribution in [3.05, 3.63) is 53.9 Å². The predicted octanol–water partition coefficient (Wildman–Crippen LogP) is 2.91. The summed E-state index contributed by atoms with van der Waals surface area (Å²) in [5.74, 6) is -0.0991. The molecule has 0 unspecified atom stereocenters. The molecule has 2 aromatic carbocycles. The SMILES string of the molecule is COC(=O)c1ccc(C2CC2)c(S(=O)(=O)Nc2cc(-n3cnnn3)ccc2OC(C)C)c1. The predicted molar refractivity (Wildman–Crippen MR) is 115 cm³/mol. The smallest absolute Gasteiger partial charge is 0.337 e. The van der Waals surface area contributed by atoms with Crippen molar-refractivity contribution in [2.24, 2.45) is 0 Å². The van der Waals surface area contributed by atoms with Gasteiger partial charge in [-0.3, -0.25) is 4.72 Å². The average molecular weight is 458 g/mol. The van der Waals surface area contributed by atoms with Gasteiger partial charge in [0.25, 0.3) is 10.0 Å². The Morgan fingerprint density at radius 2 is 1.97 bits per heavy atom. The first-order chi connectivity index (χ1) is 15.3. The summed E-state index contributed by atoms with van der Waals surface area (Å²) >= 11 is 0. The van der Waals surface area contributed by atoms with Gasteiger partial charge in [0.05, 0.1) is 35.0 Å². The first-order valence-electron chi connectivity index (χ1n) is 10.1. The van der Waals surface area contributed by atoms with Gasteiger partial charge in [-0.1, -0.05) is 6.07 Å². The zero-order chi connectivity index (χ0) is 22.9. The minimum absolute atomic E-state index is 0.0474. The summed E-state index contributed by atoms with van der Waals surface area (Å²) in [5, 5.41) is 11.1. The number of anilines is 1. The first kappa shape index (κ1) is 21.8. The summed E-state index contributed by atoms with van der Waals surface area (Å²) in [6, 6.07) is 9.59. The fraction of sp³-hybridized carbons (Fsp3) is 0.333. The Kier molecular flexibility index (Phi) is 5.83. The molecule has 168 valence electrons. The molecule has 3 aromatic rings. The quantitative estimate of drug-likeness (QED) is 0.512. The third-order valence-corrected chi connectivity index (χ3v) is 6.35. The number of aromatic nitrogens is 4. The Balaban J connectivity index is 1.77. The molecule has 0 radical (unpaired) electrons. The van der Waals surface area contributed by atoms with Crippen LogP contribution in [0.15, 0.2) is 47.6 Å². The summed E-state index contributed by atoms with van der Waals surface area (Å²) in [6.07, 6.45) is 3.02. The van der Waals surface area contributed by atoms with Crippen LogP contribution in [0.25, 0.3) is 5.69 Å². The molecule has 1 N–H and O–H groups in total. The van der Waals surface area contributed by atoms with Gasteiger partial charge in [-0.2, -0.15) is 0 Å². The van der Waals surface area contributed by atoms with Crippen LogP contribution in [0.5, 0.6) is 5.75 Å². The third-order valence-electron chi connectivity index (χ3n) is 4.93. The molecule has 4 rings (SSSR count). The van der Waals surface area contributed by atoms with E-state index in [4.69, 9.17) is 9.47 Å². The van der Waals surface area contributed by atoms with Crippen molar-refractivity contribution in [2.45, 2.75) is 43.6 Å². The summed E-state index contributed by atoms with van der Waals surface area (Å²) < 4.78 is 41.6. The monoisotopic (exact) mass is 457 g/mol. The van der Waals surface area contributed by atoms with Crippen molar-refractivity contribution in [1.29, 1.82) is 0 Å². The van der Waals surface area contributed by atoms with Crippen LogP contribution in [0.3, 0.4) is 0 Å². The number of sulfonamides is 1. The molecule has 32 heavy (non-hydrogen) atoms. The molecule has 0 amide bonds. The fourth-order valence-electron chi connectivity index (χ4n) is 3.32. The minimum atomic E-state index is -4.06. The molecule has 1 fully saturated rings. The number of benzene rings is 2. The molecule has 0 atom stereocenters. The fourth-order valence-corrected chi connectivity index (χ4v) is 4.71. The van der Waals surface area contributed by atoms with Gasteiger partial charge in [0.15, 0.2) is 0 Å². The Hall–Kier alpha value is -3.47. The maximum absolute atomic E-state index is 13.5. The maximum atomic E-state index is 13.5. The van der Waals surface area contributed by atoms with Crippen molar-refractivity contribution < 1.29 is 22.7 Å². The molecule has 1 saturated carbocycles.